The van der Waals surface area contributed by atoms with Crippen molar-refractivity contribution < 1.29 is 19.8 Å². The lowest BCUT2D eigenvalue weighted by Crippen LogP contribution is -2.49. The van der Waals surface area contributed by atoms with Crippen LogP contribution < -0.4 is 0 Å². The molecule has 6 nitrogen and oxygen atoms in total. The molecule has 2 aliphatic rings. The largest absolute Gasteiger partial charge is 0.473 e. The highest BCUT2D eigenvalue weighted by Crippen LogP contribution is 2.24. The summed E-state index contributed by atoms with van der Waals surface area (Å²) in [6.45, 7) is 6.09. The molecule has 0 aromatic heterocycles. The van der Waals surface area contributed by atoms with E-state index in [0.717, 1.165) is 12.6 Å². The van der Waals surface area contributed by atoms with Crippen molar-refractivity contribution in [3.05, 3.63) is 34.3 Å². The zero-order chi connectivity index (χ0) is 18.2. The van der Waals surface area contributed by atoms with E-state index in [2.05, 4.69) is 50.0 Å². The minimum atomic E-state index is -1.82. The Hall–Kier alpha value is -1.44. The molecule has 0 bridgehead atoms. The van der Waals surface area contributed by atoms with E-state index in [1.54, 1.807) is 0 Å². The van der Waals surface area contributed by atoms with Gasteiger partial charge in [0.05, 0.1) is 0 Å². The van der Waals surface area contributed by atoms with Gasteiger partial charge in [0, 0.05) is 43.2 Å². The van der Waals surface area contributed by atoms with E-state index in [9.17, 15) is 0 Å². The second-order valence-electron chi connectivity index (χ2n) is 6.49. The van der Waals surface area contributed by atoms with Crippen molar-refractivity contribution in [2.45, 2.75) is 38.3 Å². The first kappa shape index (κ1) is 19.9. The van der Waals surface area contributed by atoms with Crippen LogP contribution in [-0.2, 0) is 16.1 Å². The van der Waals surface area contributed by atoms with Gasteiger partial charge >= 0.3 is 11.9 Å². The lowest BCUT2D eigenvalue weighted by atomic mass is 10.1. The van der Waals surface area contributed by atoms with Crippen LogP contribution in [0.15, 0.2) is 28.7 Å². The van der Waals surface area contributed by atoms with Crippen LogP contribution in [-0.4, -0.2) is 64.2 Å². The van der Waals surface area contributed by atoms with Crippen molar-refractivity contribution in [2.75, 3.05) is 26.2 Å². The molecule has 7 heteroatoms. The van der Waals surface area contributed by atoms with Gasteiger partial charge in [0.15, 0.2) is 0 Å². The van der Waals surface area contributed by atoms with Crippen LogP contribution in [0, 0.1) is 0 Å². The van der Waals surface area contributed by atoms with Gasteiger partial charge in [-0.25, -0.2) is 9.59 Å². The van der Waals surface area contributed by atoms with E-state index in [1.807, 2.05) is 0 Å². The number of hydrogen-bond acceptors (Lipinski definition) is 4. The second kappa shape index (κ2) is 9.89. The summed E-state index contributed by atoms with van der Waals surface area (Å²) in [5.41, 5.74) is 1.43. The SMILES string of the molecule is Brc1ccc(CN2CCN(C3CCCC3)CC2)cc1.O=C(O)C(=O)O. The van der Waals surface area contributed by atoms with Crippen LogP contribution >= 0.6 is 15.9 Å². The fourth-order valence-corrected chi connectivity index (χ4v) is 3.67. The summed E-state index contributed by atoms with van der Waals surface area (Å²) >= 11 is 3.50. The predicted molar refractivity (Wildman–Crippen MR) is 98.5 cm³/mol. The fraction of sp³-hybridized carbons (Fsp3) is 0.556. The molecule has 25 heavy (non-hydrogen) atoms. The minimum absolute atomic E-state index is 0.898. The first-order valence-corrected chi connectivity index (χ1v) is 9.42. The maximum absolute atomic E-state index is 9.10. The number of carboxylic acid groups (broad SMARTS) is 2. The molecule has 1 heterocycles. The smallest absolute Gasteiger partial charge is 0.414 e. The summed E-state index contributed by atoms with van der Waals surface area (Å²) in [5, 5.41) is 14.8. The molecular formula is C18H25BrN2O4. The van der Waals surface area contributed by atoms with Gasteiger partial charge in [-0.3, -0.25) is 9.80 Å². The van der Waals surface area contributed by atoms with E-state index >= 15 is 0 Å². The molecular weight excluding hydrogens is 388 g/mol. The number of aliphatic carboxylic acids is 2. The first-order chi connectivity index (χ1) is 12.0. The van der Waals surface area contributed by atoms with Crippen LogP contribution in [0.25, 0.3) is 0 Å². The van der Waals surface area contributed by atoms with Gasteiger partial charge in [-0.1, -0.05) is 40.9 Å². The third-order valence-electron chi connectivity index (χ3n) is 4.75. The number of benzene rings is 1. The summed E-state index contributed by atoms with van der Waals surface area (Å²) in [5.74, 6) is -3.65. The molecule has 3 rings (SSSR count). The number of carbonyl (C=O) groups is 2. The molecule has 0 atom stereocenters. The van der Waals surface area contributed by atoms with Crippen LogP contribution in [0.2, 0.25) is 0 Å². The molecule has 138 valence electrons. The molecule has 1 aliphatic heterocycles. The molecule has 1 aromatic carbocycles. The van der Waals surface area contributed by atoms with Crippen molar-refractivity contribution >= 4 is 27.9 Å². The number of rotatable bonds is 3. The van der Waals surface area contributed by atoms with E-state index in [1.165, 1.54) is 61.9 Å². The number of hydrogen-bond donors (Lipinski definition) is 2. The Labute approximate surface area is 156 Å². The quantitative estimate of drug-likeness (QED) is 0.742. The molecule has 2 N–H and O–H groups in total. The number of nitrogens with zero attached hydrogens (tertiary/aromatic N) is 2. The summed E-state index contributed by atoms with van der Waals surface area (Å²) < 4.78 is 1.17. The standard InChI is InChI=1S/C16H23BrN2.C2H2O4/c17-15-7-5-14(6-8-15)13-18-9-11-19(12-10-18)16-3-1-2-4-16;3-1(4)2(5)6/h5-8,16H,1-4,9-13H2;(H,3,4)(H,5,6). The van der Waals surface area contributed by atoms with Crippen molar-refractivity contribution in [3.63, 3.8) is 0 Å². The Balaban J connectivity index is 0.000000326. The maximum Gasteiger partial charge on any atom is 0.414 e. The van der Waals surface area contributed by atoms with Crippen LogP contribution in [0.1, 0.15) is 31.2 Å². The van der Waals surface area contributed by atoms with E-state index < -0.39 is 11.9 Å². The Morgan fingerprint density at radius 1 is 0.960 bits per heavy atom. The first-order valence-electron chi connectivity index (χ1n) is 8.63. The molecule has 1 aliphatic carbocycles. The van der Waals surface area contributed by atoms with Gasteiger partial charge in [0.25, 0.3) is 0 Å². The predicted octanol–water partition coefficient (Wildman–Crippen LogP) is 2.66. The Morgan fingerprint density at radius 2 is 1.48 bits per heavy atom. The van der Waals surface area contributed by atoms with Crippen molar-refractivity contribution in [3.8, 4) is 0 Å². The summed E-state index contributed by atoms with van der Waals surface area (Å²) in [6, 6.07) is 9.64. The zero-order valence-electron chi connectivity index (χ0n) is 14.2. The van der Waals surface area contributed by atoms with E-state index in [4.69, 9.17) is 19.8 Å². The van der Waals surface area contributed by atoms with Gasteiger partial charge in [-0.05, 0) is 30.5 Å². The zero-order valence-corrected chi connectivity index (χ0v) is 15.8. The molecule has 0 unspecified atom stereocenters. The highest BCUT2D eigenvalue weighted by Gasteiger charge is 2.25. The van der Waals surface area contributed by atoms with Crippen LogP contribution in [0.4, 0.5) is 0 Å². The topological polar surface area (TPSA) is 81.1 Å². The molecule has 0 amide bonds. The molecule has 1 aromatic rings. The Morgan fingerprint density at radius 3 is 1.96 bits per heavy atom. The average molecular weight is 413 g/mol. The lowest BCUT2D eigenvalue weighted by molar-refractivity contribution is -0.159. The normalized spacial score (nSPS) is 19.2. The minimum Gasteiger partial charge on any atom is -0.473 e. The van der Waals surface area contributed by atoms with Crippen LogP contribution in [0.5, 0.6) is 0 Å². The summed E-state index contributed by atoms with van der Waals surface area (Å²) in [6.07, 6.45) is 5.77. The number of carboxylic acids is 2. The number of halogens is 1. The monoisotopic (exact) mass is 412 g/mol. The lowest BCUT2D eigenvalue weighted by Gasteiger charge is -2.38. The van der Waals surface area contributed by atoms with Gasteiger partial charge in [0.1, 0.15) is 0 Å². The molecule has 0 spiro atoms. The molecule has 0 radical (unpaired) electrons. The van der Waals surface area contributed by atoms with Crippen molar-refractivity contribution in [1.82, 2.24) is 9.80 Å². The van der Waals surface area contributed by atoms with Gasteiger partial charge in [0.2, 0.25) is 0 Å². The van der Waals surface area contributed by atoms with E-state index in [-0.39, 0.29) is 0 Å². The highest BCUT2D eigenvalue weighted by atomic mass is 79.9. The maximum atomic E-state index is 9.10. The van der Waals surface area contributed by atoms with E-state index in [0.29, 0.717) is 0 Å². The summed E-state index contributed by atoms with van der Waals surface area (Å²) in [4.78, 5) is 23.5. The number of piperazine rings is 1. The van der Waals surface area contributed by atoms with Gasteiger partial charge in [-0.2, -0.15) is 0 Å². The Bertz CT molecular complexity index is 553. The fourth-order valence-electron chi connectivity index (χ4n) is 3.40. The summed E-state index contributed by atoms with van der Waals surface area (Å²) in [7, 11) is 0. The average Bonchev–Trinajstić information content (AvgIpc) is 3.13. The second-order valence-corrected chi connectivity index (χ2v) is 7.40. The molecule has 1 saturated carbocycles. The van der Waals surface area contributed by atoms with Crippen LogP contribution in [0.3, 0.4) is 0 Å². The molecule has 2 fully saturated rings. The Kier molecular flexibility index (Phi) is 7.87. The highest BCUT2D eigenvalue weighted by molar-refractivity contribution is 9.10. The van der Waals surface area contributed by atoms with Crippen molar-refractivity contribution in [2.24, 2.45) is 0 Å². The van der Waals surface area contributed by atoms with Crippen molar-refractivity contribution in [1.29, 1.82) is 0 Å². The third-order valence-corrected chi connectivity index (χ3v) is 5.28. The third kappa shape index (κ3) is 6.76. The molecule has 1 saturated heterocycles. The van der Waals surface area contributed by atoms with Gasteiger partial charge in [-0.15, -0.1) is 0 Å². The van der Waals surface area contributed by atoms with Gasteiger partial charge < -0.3 is 10.2 Å².